The Bertz CT molecular complexity index is 616. The summed E-state index contributed by atoms with van der Waals surface area (Å²) < 4.78 is 39.1. The number of azide groups is 2. The van der Waals surface area contributed by atoms with Crippen molar-refractivity contribution < 1.29 is 18.3 Å². The van der Waals surface area contributed by atoms with Crippen molar-refractivity contribution in [2.45, 2.75) is 37.4 Å². The van der Waals surface area contributed by atoms with Crippen LogP contribution in [0.1, 0.15) is 12.0 Å². The Morgan fingerprint density at radius 3 is 2.65 bits per heavy atom. The summed E-state index contributed by atoms with van der Waals surface area (Å²) in [7, 11) is 0. The Hall–Kier alpha value is -2.38. The molecule has 2 rings (SSSR count). The molecular formula is C13H14F2N6O2. The van der Waals surface area contributed by atoms with Crippen LogP contribution in [0.5, 0.6) is 0 Å². The summed E-state index contributed by atoms with van der Waals surface area (Å²) in [5, 5.41) is 6.37. The molecule has 8 nitrogen and oxygen atoms in total. The first-order valence-corrected chi connectivity index (χ1v) is 6.80. The van der Waals surface area contributed by atoms with Gasteiger partial charge in [-0.25, -0.2) is 8.78 Å². The lowest BCUT2D eigenvalue weighted by Crippen LogP contribution is -2.53. The van der Waals surface area contributed by atoms with Crippen LogP contribution in [-0.4, -0.2) is 30.9 Å². The zero-order valence-electron chi connectivity index (χ0n) is 12.0. The maximum Gasteiger partial charge on any atom is 0.264 e. The quantitative estimate of drug-likeness (QED) is 0.447. The predicted molar refractivity (Wildman–Crippen MR) is 76.4 cm³/mol. The molecule has 122 valence electrons. The van der Waals surface area contributed by atoms with Crippen molar-refractivity contribution in [2.75, 3.05) is 6.54 Å². The maximum absolute atomic E-state index is 14.1. The number of rotatable bonds is 6. The Morgan fingerprint density at radius 2 is 2.00 bits per heavy atom. The van der Waals surface area contributed by atoms with E-state index in [0.29, 0.717) is 0 Å². The number of hydrogen-bond donors (Lipinski definition) is 0. The van der Waals surface area contributed by atoms with Crippen LogP contribution in [0.25, 0.3) is 20.9 Å². The van der Waals surface area contributed by atoms with Gasteiger partial charge in [-0.3, -0.25) is 0 Å². The minimum Gasteiger partial charge on any atom is -0.348 e. The second-order valence-corrected chi connectivity index (χ2v) is 4.95. The van der Waals surface area contributed by atoms with Gasteiger partial charge >= 0.3 is 0 Å². The predicted octanol–water partition coefficient (Wildman–Crippen LogP) is 3.94. The molecule has 0 amide bonds. The molecule has 1 saturated heterocycles. The summed E-state index contributed by atoms with van der Waals surface area (Å²) in [6.45, 7) is -0.229. The van der Waals surface area contributed by atoms with Crippen LogP contribution in [0.3, 0.4) is 0 Å². The zero-order chi connectivity index (χ0) is 16.7. The molecule has 0 saturated carbocycles. The van der Waals surface area contributed by atoms with Crippen molar-refractivity contribution in [1.82, 2.24) is 0 Å². The van der Waals surface area contributed by atoms with Crippen LogP contribution >= 0.6 is 0 Å². The van der Waals surface area contributed by atoms with Gasteiger partial charge in [0.1, 0.15) is 0 Å². The molecule has 1 fully saturated rings. The highest BCUT2D eigenvalue weighted by Crippen LogP contribution is 2.37. The summed E-state index contributed by atoms with van der Waals surface area (Å²) in [4.78, 5) is 4.98. The third kappa shape index (κ3) is 4.54. The van der Waals surface area contributed by atoms with Crippen LogP contribution in [0.15, 0.2) is 40.6 Å². The summed E-state index contributed by atoms with van der Waals surface area (Å²) in [5.41, 5.74) is 17.6. The van der Waals surface area contributed by atoms with E-state index in [9.17, 15) is 8.78 Å². The molecule has 2 unspecified atom stereocenters. The van der Waals surface area contributed by atoms with Gasteiger partial charge in [-0.15, -0.1) is 0 Å². The van der Waals surface area contributed by atoms with Crippen LogP contribution in [0, 0.1) is 0 Å². The third-order valence-corrected chi connectivity index (χ3v) is 3.30. The van der Waals surface area contributed by atoms with Gasteiger partial charge in [-0.2, -0.15) is 0 Å². The molecule has 0 aromatic heterocycles. The van der Waals surface area contributed by atoms with Crippen molar-refractivity contribution in [3.05, 3.63) is 56.8 Å². The number of ether oxygens (including phenoxy) is 2. The molecule has 1 aromatic rings. The highest BCUT2D eigenvalue weighted by molar-refractivity contribution is 5.13. The van der Waals surface area contributed by atoms with Crippen molar-refractivity contribution in [1.29, 1.82) is 0 Å². The van der Waals surface area contributed by atoms with Gasteiger partial charge in [-0.05, 0) is 16.6 Å². The van der Waals surface area contributed by atoms with E-state index < -0.39 is 30.8 Å². The van der Waals surface area contributed by atoms with Crippen LogP contribution < -0.4 is 0 Å². The number of halogens is 2. The Morgan fingerprint density at radius 1 is 1.26 bits per heavy atom. The Labute approximate surface area is 130 Å². The van der Waals surface area contributed by atoms with Gasteiger partial charge in [0.05, 0.1) is 19.3 Å². The smallest absolute Gasteiger partial charge is 0.264 e. The highest BCUT2D eigenvalue weighted by atomic mass is 19.3. The van der Waals surface area contributed by atoms with E-state index in [1.54, 1.807) is 24.3 Å². The molecule has 0 radical (unpaired) electrons. The molecule has 0 spiro atoms. The first-order chi connectivity index (χ1) is 11.1. The molecular weight excluding hydrogens is 310 g/mol. The van der Waals surface area contributed by atoms with Crippen molar-refractivity contribution in [3.8, 4) is 0 Å². The maximum atomic E-state index is 14.1. The molecule has 1 aliphatic heterocycles. The van der Waals surface area contributed by atoms with Gasteiger partial charge in [0.2, 0.25) is 0 Å². The van der Waals surface area contributed by atoms with Crippen LogP contribution in [0.4, 0.5) is 8.78 Å². The van der Waals surface area contributed by atoms with E-state index in [1.807, 2.05) is 6.07 Å². The number of benzene rings is 1. The molecule has 1 aliphatic rings. The van der Waals surface area contributed by atoms with E-state index >= 15 is 0 Å². The lowest BCUT2D eigenvalue weighted by atomic mass is 9.99. The van der Waals surface area contributed by atoms with E-state index in [0.717, 1.165) is 5.56 Å². The summed E-state index contributed by atoms with van der Waals surface area (Å²) >= 11 is 0. The molecule has 23 heavy (non-hydrogen) atoms. The zero-order valence-corrected chi connectivity index (χ0v) is 12.0. The minimum atomic E-state index is -3.32. The highest BCUT2D eigenvalue weighted by Gasteiger charge is 2.51. The fourth-order valence-corrected chi connectivity index (χ4v) is 2.25. The Kier molecular flexibility index (Phi) is 5.72. The second kappa shape index (κ2) is 7.75. The molecule has 1 heterocycles. The topological polar surface area (TPSA) is 116 Å². The van der Waals surface area contributed by atoms with Crippen molar-refractivity contribution in [3.63, 3.8) is 0 Å². The first kappa shape index (κ1) is 17.0. The van der Waals surface area contributed by atoms with Gasteiger partial charge in [0.15, 0.2) is 12.3 Å². The van der Waals surface area contributed by atoms with E-state index in [2.05, 4.69) is 20.1 Å². The normalized spacial score (nSPS) is 25.9. The van der Waals surface area contributed by atoms with Gasteiger partial charge in [-0.1, -0.05) is 40.6 Å². The average Bonchev–Trinajstić information content (AvgIpc) is 2.54. The summed E-state index contributed by atoms with van der Waals surface area (Å²) in [6.07, 6.45) is -3.14. The van der Waals surface area contributed by atoms with E-state index in [1.165, 1.54) is 0 Å². The average molecular weight is 324 g/mol. The van der Waals surface area contributed by atoms with E-state index in [-0.39, 0.29) is 13.2 Å². The number of nitrogens with zero attached hydrogens (tertiary/aromatic N) is 6. The fourth-order valence-electron chi connectivity index (χ4n) is 2.25. The molecule has 10 heteroatoms. The first-order valence-electron chi connectivity index (χ1n) is 6.80. The number of hydrogen-bond acceptors (Lipinski definition) is 4. The van der Waals surface area contributed by atoms with Crippen LogP contribution in [-0.2, 0) is 16.1 Å². The Balaban J connectivity index is 2.12. The second-order valence-electron chi connectivity index (χ2n) is 4.95. The van der Waals surface area contributed by atoms with Crippen molar-refractivity contribution in [2.24, 2.45) is 10.2 Å². The molecule has 0 bridgehead atoms. The largest absolute Gasteiger partial charge is 0.348 e. The SMILES string of the molecule is [N-]=[N+]=NC[C@@H]1CC(F)(F)C(N=[N+]=[N-])C(OCc2ccccc2)O1. The molecule has 3 atom stereocenters. The van der Waals surface area contributed by atoms with Gasteiger partial charge in [0.25, 0.3) is 5.92 Å². The van der Waals surface area contributed by atoms with Crippen LogP contribution in [0.2, 0.25) is 0 Å². The minimum absolute atomic E-state index is 0.0211. The summed E-state index contributed by atoms with van der Waals surface area (Å²) in [6, 6.07) is 7.13. The van der Waals surface area contributed by atoms with Gasteiger partial charge < -0.3 is 9.47 Å². The molecule has 0 aliphatic carbocycles. The van der Waals surface area contributed by atoms with Gasteiger partial charge in [0, 0.05) is 16.2 Å². The monoisotopic (exact) mass is 324 g/mol. The van der Waals surface area contributed by atoms with Crippen molar-refractivity contribution >= 4 is 0 Å². The summed E-state index contributed by atoms with van der Waals surface area (Å²) in [5.74, 6) is -3.32. The molecule has 0 N–H and O–H groups in total. The lowest BCUT2D eigenvalue weighted by Gasteiger charge is -2.39. The fraction of sp³-hybridized carbons (Fsp3) is 0.538. The third-order valence-electron chi connectivity index (χ3n) is 3.30. The standard InChI is InChI=1S/C13H14F2N6O2/c14-13(15)6-10(7-18-20-16)23-12(11(13)19-21-17)22-8-9-4-2-1-3-5-9/h1-5,10-12H,6-8H2/t10-,11?,12?/m0/s1. The number of alkyl halides is 2. The lowest BCUT2D eigenvalue weighted by molar-refractivity contribution is -0.263. The van der Waals surface area contributed by atoms with E-state index in [4.69, 9.17) is 20.5 Å². The molecule has 1 aromatic carbocycles.